The van der Waals surface area contributed by atoms with Crippen LogP contribution in [0.5, 0.6) is 0 Å². The fourth-order valence-electron chi connectivity index (χ4n) is 2.81. The zero-order valence-corrected chi connectivity index (χ0v) is 13.1. The van der Waals surface area contributed by atoms with Crippen molar-refractivity contribution in [2.24, 2.45) is 5.92 Å². The Labute approximate surface area is 114 Å². The van der Waals surface area contributed by atoms with E-state index in [-0.39, 0.29) is 0 Å². The Morgan fingerprint density at radius 3 is 2.33 bits per heavy atom. The molecule has 108 valence electrons. The highest BCUT2D eigenvalue weighted by Gasteiger charge is 2.34. The van der Waals surface area contributed by atoms with Crippen LogP contribution in [0.1, 0.15) is 40.0 Å². The number of hydrogen-bond donors (Lipinski definition) is 1. The predicted molar refractivity (Wildman–Crippen MR) is 80.1 cm³/mol. The lowest BCUT2D eigenvalue weighted by molar-refractivity contribution is 0.0624. The summed E-state index contributed by atoms with van der Waals surface area (Å²) in [6.07, 6.45) is 4.11. The van der Waals surface area contributed by atoms with E-state index >= 15 is 0 Å². The lowest BCUT2D eigenvalue weighted by Crippen LogP contribution is -2.51. The second-order valence-corrected chi connectivity index (χ2v) is 6.25. The summed E-state index contributed by atoms with van der Waals surface area (Å²) < 4.78 is 0. The third-order valence-electron chi connectivity index (χ3n) is 4.09. The Balaban J connectivity index is 2.26. The van der Waals surface area contributed by atoms with Crippen molar-refractivity contribution in [3.05, 3.63) is 0 Å². The fraction of sp³-hybridized carbons (Fsp3) is 1.00. The molecule has 0 aromatic heterocycles. The van der Waals surface area contributed by atoms with Gasteiger partial charge in [-0.15, -0.1) is 0 Å². The molecule has 0 aliphatic heterocycles. The molecule has 1 saturated carbocycles. The quantitative estimate of drug-likeness (QED) is 0.680. The van der Waals surface area contributed by atoms with Crippen molar-refractivity contribution in [1.82, 2.24) is 15.1 Å². The van der Waals surface area contributed by atoms with Crippen LogP contribution in [0.25, 0.3) is 0 Å². The largest absolute Gasteiger partial charge is 0.314 e. The summed E-state index contributed by atoms with van der Waals surface area (Å²) in [5.74, 6) is 0.881. The standard InChI is InChI=1S/C15H33N3/c1-6-18(11-7-10-17(4)5)15-9-8-14(15)12-16-13(2)3/h13-16H,6-12H2,1-5H3. The Bertz CT molecular complexity index is 214. The lowest BCUT2D eigenvalue weighted by Gasteiger charge is -2.44. The van der Waals surface area contributed by atoms with E-state index in [9.17, 15) is 0 Å². The molecule has 0 radical (unpaired) electrons. The Morgan fingerprint density at radius 2 is 1.89 bits per heavy atom. The summed E-state index contributed by atoms with van der Waals surface area (Å²) in [7, 11) is 4.32. The highest BCUT2D eigenvalue weighted by atomic mass is 15.2. The topological polar surface area (TPSA) is 18.5 Å². The lowest BCUT2D eigenvalue weighted by atomic mass is 9.78. The summed E-state index contributed by atoms with van der Waals surface area (Å²) in [5, 5.41) is 3.60. The van der Waals surface area contributed by atoms with E-state index in [1.165, 1.54) is 45.4 Å². The molecule has 18 heavy (non-hydrogen) atoms. The number of nitrogens with zero attached hydrogens (tertiary/aromatic N) is 2. The van der Waals surface area contributed by atoms with Crippen LogP contribution in [-0.2, 0) is 0 Å². The summed E-state index contributed by atoms with van der Waals surface area (Å²) >= 11 is 0. The van der Waals surface area contributed by atoms with Crippen LogP contribution in [-0.4, -0.2) is 62.2 Å². The zero-order chi connectivity index (χ0) is 13.5. The van der Waals surface area contributed by atoms with Crippen LogP contribution < -0.4 is 5.32 Å². The average molecular weight is 255 g/mol. The molecule has 0 saturated heterocycles. The van der Waals surface area contributed by atoms with Crippen molar-refractivity contribution >= 4 is 0 Å². The first-order valence-corrected chi connectivity index (χ1v) is 7.66. The number of rotatable bonds is 9. The molecule has 2 unspecified atom stereocenters. The highest BCUT2D eigenvalue weighted by molar-refractivity contribution is 4.90. The molecular weight excluding hydrogens is 222 g/mol. The maximum atomic E-state index is 3.60. The molecule has 0 amide bonds. The van der Waals surface area contributed by atoms with Crippen molar-refractivity contribution < 1.29 is 0 Å². The van der Waals surface area contributed by atoms with Gasteiger partial charge in [0.05, 0.1) is 0 Å². The summed E-state index contributed by atoms with van der Waals surface area (Å²) in [4.78, 5) is 4.98. The first kappa shape index (κ1) is 15.9. The molecule has 1 rings (SSSR count). The van der Waals surface area contributed by atoms with E-state index in [1.54, 1.807) is 0 Å². The minimum absolute atomic E-state index is 0.620. The van der Waals surface area contributed by atoms with Gasteiger partial charge in [0.1, 0.15) is 0 Å². The smallest absolute Gasteiger partial charge is 0.0136 e. The molecule has 2 atom stereocenters. The Hall–Kier alpha value is -0.120. The van der Waals surface area contributed by atoms with Crippen molar-refractivity contribution in [2.45, 2.75) is 52.1 Å². The molecule has 1 N–H and O–H groups in total. The van der Waals surface area contributed by atoms with E-state index in [1.807, 2.05) is 0 Å². The Kier molecular flexibility index (Phi) is 7.20. The predicted octanol–water partition coefficient (Wildman–Crippen LogP) is 2.04. The molecule has 0 aromatic carbocycles. The van der Waals surface area contributed by atoms with Crippen LogP contribution in [0.3, 0.4) is 0 Å². The maximum absolute atomic E-state index is 3.60. The van der Waals surface area contributed by atoms with Gasteiger partial charge < -0.3 is 15.1 Å². The van der Waals surface area contributed by atoms with E-state index in [2.05, 4.69) is 50.0 Å². The molecule has 3 heteroatoms. The van der Waals surface area contributed by atoms with Crippen molar-refractivity contribution in [3.8, 4) is 0 Å². The van der Waals surface area contributed by atoms with Gasteiger partial charge in [0.15, 0.2) is 0 Å². The van der Waals surface area contributed by atoms with Crippen LogP contribution in [0.15, 0.2) is 0 Å². The Morgan fingerprint density at radius 1 is 1.17 bits per heavy atom. The summed E-state index contributed by atoms with van der Waals surface area (Å²) in [5.41, 5.74) is 0. The zero-order valence-electron chi connectivity index (χ0n) is 13.1. The van der Waals surface area contributed by atoms with Gasteiger partial charge in [-0.05, 0) is 65.5 Å². The van der Waals surface area contributed by atoms with Gasteiger partial charge in [-0.25, -0.2) is 0 Å². The summed E-state index contributed by atoms with van der Waals surface area (Å²) in [6.45, 7) is 11.7. The molecule has 1 aliphatic carbocycles. The molecule has 1 aliphatic rings. The number of hydrogen-bond acceptors (Lipinski definition) is 3. The SMILES string of the molecule is CCN(CCCN(C)C)C1CCC1CNC(C)C. The molecule has 0 aromatic rings. The molecule has 0 spiro atoms. The monoisotopic (exact) mass is 255 g/mol. The van der Waals surface area contributed by atoms with Gasteiger partial charge in [-0.2, -0.15) is 0 Å². The van der Waals surface area contributed by atoms with Crippen molar-refractivity contribution in [1.29, 1.82) is 0 Å². The van der Waals surface area contributed by atoms with Gasteiger partial charge in [0, 0.05) is 12.1 Å². The van der Waals surface area contributed by atoms with Gasteiger partial charge in [0.25, 0.3) is 0 Å². The van der Waals surface area contributed by atoms with Crippen LogP contribution in [0.4, 0.5) is 0 Å². The summed E-state index contributed by atoms with van der Waals surface area (Å²) in [6, 6.07) is 1.46. The van der Waals surface area contributed by atoms with Crippen LogP contribution in [0, 0.1) is 5.92 Å². The van der Waals surface area contributed by atoms with E-state index in [0.29, 0.717) is 6.04 Å². The van der Waals surface area contributed by atoms with E-state index in [0.717, 1.165) is 12.0 Å². The second kappa shape index (κ2) is 8.13. The van der Waals surface area contributed by atoms with Gasteiger partial charge >= 0.3 is 0 Å². The molecule has 0 heterocycles. The second-order valence-electron chi connectivity index (χ2n) is 6.25. The normalized spacial score (nSPS) is 24.0. The average Bonchev–Trinajstić information content (AvgIpc) is 2.25. The fourth-order valence-corrected chi connectivity index (χ4v) is 2.81. The molecule has 1 fully saturated rings. The van der Waals surface area contributed by atoms with Crippen molar-refractivity contribution in [2.75, 3.05) is 40.3 Å². The third-order valence-corrected chi connectivity index (χ3v) is 4.09. The maximum Gasteiger partial charge on any atom is 0.0136 e. The minimum atomic E-state index is 0.620. The van der Waals surface area contributed by atoms with Crippen LogP contribution in [0.2, 0.25) is 0 Å². The third kappa shape index (κ3) is 5.25. The first-order valence-electron chi connectivity index (χ1n) is 7.66. The van der Waals surface area contributed by atoms with E-state index < -0.39 is 0 Å². The molecule has 3 nitrogen and oxygen atoms in total. The first-order chi connectivity index (χ1) is 8.54. The van der Waals surface area contributed by atoms with Gasteiger partial charge in [0.2, 0.25) is 0 Å². The van der Waals surface area contributed by atoms with E-state index in [4.69, 9.17) is 0 Å². The van der Waals surface area contributed by atoms with Crippen molar-refractivity contribution in [3.63, 3.8) is 0 Å². The molecule has 0 bridgehead atoms. The van der Waals surface area contributed by atoms with Gasteiger partial charge in [-0.3, -0.25) is 0 Å². The minimum Gasteiger partial charge on any atom is -0.314 e. The van der Waals surface area contributed by atoms with Gasteiger partial charge in [-0.1, -0.05) is 20.8 Å². The van der Waals surface area contributed by atoms with Crippen LogP contribution >= 0.6 is 0 Å². The molecular formula is C15H33N3. The number of nitrogens with one attached hydrogen (secondary N) is 1. The highest BCUT2D eigenvalue weighted by Crippen LogP contribution is 2.31.